The fourth-order valence-corrected chi connectivity index (χ4v) is 2.32. The molecule has 8 heteroatoms. The number of barbiturate groups is 1. The monoisotopic (exact) mass is 350 g/mol. The number of benzene rings is 1. The number of anilines is 1. The molecule has 1 aromatic carbocycles. The maximum atomic E-state index is 12.5. The molecule has 116 valence electrons. The van der Waals surface area contributed by atoms with Crippen molar-refractivity contribution in [1.29, 1.82) is 0 Å². The Kier molecular flexibility index (Phi) is 3.94. The van der Waals surface area contributed by atoms with E-state index < -0.39 is 17.8 Å². The Balaban J connectivity index is 2.03. The third-order valence-electron chi connectivity index (χ3n) is 3.09. The van der Waals surface area contributed by atoms with Gasteiger partial charge in [0.2, 0.25) is 0 Å². The van der Waals surface area contributed by atoms with Crippen LogP contribution in [0.25, 0.3) is 6.08 Å². The second-order valence-corrected chi connectivity index (χ2v) is 5.39. The highest BCUT2D eigenvalue weighted by Crippen LogP contribution is 2.29. The molecule has 4 amide bonds. The van der Waals surface area contributed by atoms with Crippen LogP contribution in [-0.2, 0) is 9.59 Å². The molecule has 1 saturated heterocycles. The van der Waals surface area contributed by atoms with Gasteiger partial charge in [-0.1, -0.05) is 23.2 Å². The smallest absolute Gasteiger partial charge is 0.335 e. The number of amides is 4. The molecule has 1 aliphatic rings. The van der Waals surface area contributed by atoms with Gasteiger partial charge in [0.05, 0.1) is 22.0 Å². The summed E-state index contributed by atoms with van der Waals surface area (Å²) in [4.78, 5) is 37.2. The number of urea groups is 1. The largest absolute Gasteiger partial charge is 0.465 e. The highest BCUT2D eigenvalue weighted by molar-refractivity contribution is 6.43. The van der Waals surface area contributed by atoms with E-state index in [2.05, 4.69) is 5.32 Å². The lowest BCUT2D eigenvalue weighted by atomic mass is 10.1. The van der Waals surface area contributed by atoms with Gasteiger partial charge in [-0.25, -0.2) is 9.69 Å². The first-order valence-electron chi connectivity index (χ1n) is 6.37. The number of carbonyl (C=O) groups excluding carboxylic acids is 3. The third kappa shape index (κ3) is 2.86. The molecule has 2 heterocycles. The van der Waals surface area contributed by atoms with Crippen LogP contribution in [0.3, 0.4) is 0 Å². The van der Waals surface area contributed by atoms with Crippen molar-refractivity contribution in [1.82, 2.24) is 5.32 Å². The molecule has 6 nitrogen and oxygen atoms in total. The van der Waals surface area contributed by atoms with E-state index >= 15 is 0 Å². The Labute approximate surface area is 140 Å². The second-order valence-electron chi connectivity index (χ2n) is 4.57. The van der Waals surface area contributed by atoms with E-state index in [1.807, 2.05) is 0 Å². The molecular formula is C15H8Cl2N2O4. The van der Waals surface area contributed by atoms with E-state index in [0.717, 1.165) is 4.90 Å². The zero-order chi connectivity index (χ0) is 16.6. The summed E-state index contributed by atoms with van der Waals surface area (Å²) in [5.41, 5.74) is -0.0367. The predicted molar refractivity (Wildman–Crippen MR) is 84.2 cm³/mol. The zero-order valence-corrected chi connectivity index (χ0v) is 12.9. The number of carbonyl (C=O) groups is 3. The fraction of sp³-hybridized carbons (Fsp3) is 0. The molecule has 1 aliphatic heterocycles. The molecule has 1 N–H and O–H groups in total. The van der Waals surface area contributed by atoms with Crippen LogP contribution in [0.5, 0.6) is 0 Å². The molecule has 0 bridgehead atoms. The summed E-state index contributed by atoms with van der Waals surface area (Å²) >= 11 is 11.7. The van der Waals surface area contributed by atoms with Crippen molar-refractivity contribution in [3.8, 4) is 0 Å². The number of hydrogen-bond donors (Lipinski definition) is 1. The molecule has 1 fully saturated rings. The van der Waals surface area contributed by atoms with Gasteiger partial charge in [0.25, 0.3) is 11.8 Å². The molecule has 0 spiro atoms. The summed E-state index contributed by atoms with van der Waals surface area (Å²) in [5.74, 6) is -1.27. The van der Waals surface area contributed by atoms with Crippen LogP contribution in [0, 0.1) is 0 Å². The molecule has 0 atom stereocenters. The first-order valence-corrected chi connectivity index (χ1v) is 7.13. The lowest BCUT2D eigenvalue weighted by Gasteiger charge is -2.26. The molecule has 0 unspecified atom stereocenters. The molecular weight excluding hydrogens is 343 g/mol. The lowest BCUT2D eigenvalue weighted by Crippen LogP contribution is -2.54. The van der Waals surface area contributed by atoms with Crippen LogP contribution in [-0.4, -0.2) is 17.8 Å². The SMILES string of the molecule is O=C1NC(=O)N(c2ccc(Cl)c(Cl)c2)C(=O)/C1=C/c1ccco1. The van der Waals surface area contributed by atoms with E-state index in [-0.39, 0.29) is 21.3 Å². The molecule has 23 heavy (non-hydrogen) atoms. The molecule has 3 rings (SSSR count). The standard InChI is InChI=1S/C15H8Cl2N2O4/c16-11-4-3-8(6-12(11)17)19-14(21)10(13(20)18-15(19)22)7-9-2-1-5-23-9/h1-7H,(H,18,20,22)/b10-7+. The van der Waals surface area contributed by atoms with Gasteiger partial charge in [-0.15, -0.1) is 0 Å². The summed E-state index contributed by atoms with van der Waals surface area (Å²) in [6.07, 6.45) is 2.66. The Morgan fingerprint density at radius 1 is 1.09 bits per heavy atom. The highest BCUT2D eigenvalue weighted by atomic mass is 35.5. The Bertz CT molecular complexity index is 843. The number of nitrogens with zero attached hydrogens (tertiary/aromatic N) is 1. The van der Waals surface area contributed by atoms with Gasteiger partial charge >= 0.3 is 6.03 Å². The van der Waals surface area contributed by atoms with Crippen molar-refractivity contribution in [2.24, 2.45) is 0 Å². The Morgan fingerprint density at radius 2 is 1.87 bits per heavy atom. The summed E-state index contributed by atoms with van der Waals surface area (Å²) in [5, 5.41) is 2.56. The summed E-state index contributed by atoms with van der Waals surface area (Å²) in [6, 6.07) is 6.59. The normalized spacial score (nSPS) is 16.9. The van der Waals surface area contributed by atoms with Gasteiger partial charge < -0.3 is 4.42 Å². The summed E-state index contributed by atoms with van der Waals surface area (Å²) < 4.78 is 5.08. The maximum absolute atomic E-state index is 12.5. The van der Waals surface area contributed by atoms with Gasteiger partial charge in [0, 0.05) is 0 Å². The number of furan rings is 1. The van der Waals surface area contributed by atoms with Crippen molar-refractivity contribution in [3.05, 3.63) is 58.0 Å². The van der Waals surface area contributed by atoms with E-state index in [0.29, 0.717) is 5.76 Å². The zero-order valence-electron chi connectivity index (χ0n) is 11.4. The first-order chi connectivity index (χ1) is 11.0. The Morgan fingerprint density at radius 3 is 2.52 bits per heavy atom. The maximum Gasteiger partial charge on any atom is 0.335 e. The summed E-state index contributed by atoms with van der Waals surface area (Å²) in [6.45, 7) is 0. The van der Waals surface area contributed by atoms with Crippen LogP contribution in [0.4, 0.5) is 10.5 Å². The quantitative estimate of drug-likeness (QED) is 0.665. The molecule has 0 saturated carbocycles. The van der Waals surface area contributed by atoms with Crippen LogP contribution < -0.4 is 10.2 Å². The van der Waals surface area contributed by atoms with Crippen LogP contribution >= 0.6 is 23.2 Å². The van der Waals surface area contributed by atoms with Gasteiger partial charge in [-0.05, 0) is 36.4 Å². The van der Waals surface area contributed by atoms with E-state index in [1.165, 1.54) is 30.5 Å². The van der Waals surface area contributed by atoms with Gasteiger partial charge in [-0.3, -0.25) is 14.9 Å². The van der Waals surface area contributed by atoms with E-state index in [4.69, 9.17) is 27.6 Å². The lowest BCUT2D eigenvalue weighted by molar-refractivity contribution is -0.122. The molecule has 1 aromatic heterocycles. The average molecular weight is 351 g/mol. The molecule has 2 aromatic rings. The molecule has 0 aliphatic carbocycles. The minimum atomic E-state index is -0.866. The minimum absolute atomic E-state index is 0.179. The Hall–Kier alpha value is -2.57. The van der Waals surface area contributed by atoms with E-state index in [1.54, 1.807) is 12.1 Å². The number of rotatable bonds is 2. The fourth-order valence-electron chi connectivity index (χ4n) is 2.03. The van der Waals surface area contributed by atoms with Crippen LogP contribution in [0.15, 0.2) is 46.6 Å². The van der Waals surface area contributed by atoms with Crippen LogP contribution in [0.1, 0.15) is 5.76 Å². The first kappa shape index (κ1) is 15.3. The predicted octanol–water partition coefficient (Wildman–Crippen LogP) is 3.25. The van der Waals surface area contributed by atoms with Gasteiger partial charge in [-0.2, -0.15) is 0 Å². The van der Waals surface area contributed by atoms with Crippen molar-refractivity contribution in [3.63, 3.8) is 0 Å². The van der Waals surface area contributed by atoms with Gasteiger partial charge in [0.15, 0.2) is 0 Å². The third-order valence-corrected chi connectivity index (χ3v) is 3.83. The topological polar surface area (TPSA) is 79.6 Å². The minimum Gasteiger partial charge on any atom is -0.465 e. The number of imide groups is 2. The molecule has 0 radical (unpaired) electrons. The number of halogens is 2. The summed E-state index contributed by atoms with van der Waals surface area (Å²) in [7, 11) is 0. The van der Waals surface area contributed by atoms with Crippen molar-refractivity contribution in [2.75, 3.05) is 4.90 Å². The highest BCUT2D eigenvalue weighted by Gasteiger charge is 2.37. The van der Waals surface area contributed by atoms with Crippen molar-refractivity contribution < 1.29 is 18.8 Å². The van der Waals surface area contributed by atoms with E-state index in [9.17, 15) is 14.4 Å². The number of nitrogens with one attached hydrogen (secondary N) is 1. The van der Waals surface area contributed by atoms with Gasteiger partial charge in [0.1, 0.15) is 11.3 Å². The van der Waals surface area contributed by atoms with Crippen molar-refractivity contribution in [2.45, 2.75) is 0 Å². The number of hydrogen-bond acceptors (Lipinski definition) is 4. The van der Waals surface area contributed by atoms with Crippen molar-refractivity contribution >= 4 is 52.8 Å². The van der Waals surface area contributed by atoms with Crippen LogP contribution in [0.2, 0.25) is 10.0 Å². The second kappa shape index (κ2) is 5.91. The average Bonchev–Trinajstić information content (AvgIpc) is 3.00.